The number of amides is 1. The van der Waals surface area contributed by atoms with Gasteiger partial charge < -0.3 is 16.2 Å². The van der Waals surface area contributed by atoms with Gasteiger partial charge in [0.2, 0.25) is 5.91 Å². The van der Waals surface area contributed by atoms with Crippen molar-refractivity contribution in [3.05, 3.63) is 41.5 Å². The van der Waals surface area contributed by atoms with E-state index in [0.717, 1.165) is 11.3 Å². The number of rotatable bonds is 3. The van der Waals surface area contributed by atoms with Gasteiger partial charge in [-0.2, -0.15) is 0 Å². The maximum Gasteiger partial charge on any atom is 0.326 e. The van der Waals surface area contributed by atoms with Crippen LogP contribution in [0.15, 0.2) is 30.4 Å². The van der Waals surface area contributed by atoms with Crippen LogP contribution >= 0.6 is 0 Å². The summed E-state index contributed by atoms with van der Waals surface area (Å²) in [7, 11) is 0. The van der Waals surface area contributed by atoms with E-state index in [2.05, 4.69) is 5.32 Å². The zero-order valence-corrected chi connectivity index (χ0v) is 10.6. The number of carbonyl (C=O) groups is 2. The second-order valence-corrected chi connectivity index (χ2v) is 4.57. The van der Waals surface area contributed by atoms with Crippen LogP contribution in [-0.2, 0) is 4.79 Å². The van der Waals surface area contributed by atoms with Crippen LogP contribution in [-0.4, -0.2) is 23.0 Å². The first-order valence-corrected chi connectivity index (χ1v) is 6.09. The number of primary amides is 1. The van der Waals surface area contributed by atoms with Gasteiger partial charge in [-0.05, 0) is 37.1 Å². The number of aliphatic carboxylic acids is 1. The van der Waals surface area contributed by atoms with Gasteiger partial charge in [0.15, 0.2) is 0 Å². The van der Waals surface area contributed by atoms with E-state index >= 15 is 0 Å². The molecule has 1 aliphatic heterocycles. The van der Waals surface area contributed by atoms with Crippen molar-refractivity contribution in [3.8, 4) is 0 Å². The van der Waals surface area contributed by atoms with E-state index in [9.17, 15) is 9.59 Å². The maximum absolute atomic E-state index is 11.2. The lowest BCUT2D eigenvalue weighted by atomic mass is 9.85. The average molecular weight is 260 g/mol. The lowest BCUT2D eigenvalue weighted by Crippen LogP contribution is -2.34. The van der Waals surface area contributed by atoms with E-state index in [1.165, 1.54) is 0 Å². The summed E-state index contributed by atoms with van der Waals surface area (Å²) in [5, 5.41) is 12.1. The molecule has 0 fully saturated rings. The molecule has 1 aromatic rings. The molecule has 0 radical (unpaired) electrons. The minimum absolute atomic E-state index is 0.0263. The monoisotopic (exact) mass is 260 g/mol. The largest absolute Gasteiger partial charge is 0.480 e. The summed E-state index contributed by atoms with van der Waals surface area (Å²) in [6.45, 7) is 1.88. The number of fused-ring (bicyclic) bond motifs is 1. The van der Waals surface area contributed by atoms with Crippen LogP contribution in [0.5, 0.6) is 0 Å². The van der Waals surface area contributed by atoms with Gasteiger partial charge >= 0.3 is 5.97 Å². The SMILES string of the molecule is C/C=C\C1CC(C(=O)O)Nc2ccc(C(N)=O)cc21. The molecular weight excluding hydrogens is 244 g/mol. The van der Waals surface area contributed by atoms with Crippen LogP contribution in [0, 0.1) is 0 Å². The van der Waals surface area contributed by atoms with Crippen molar-refractivity contribution in [1.29, 1.82) is 0 Å². The van der Waals surface area contributed by atoms with Gasteiger partial charge in [0.1, 0.15) is 6.04 Å². The van der Waals surface area contributed by atoms with Crippen molar-refractivity contribution in [2.75, 3.05) is 5.32 Å². The van der Waals surface area contributed by atoms with E-state index in [1.54, 1.807) is 18.2 Å². The van der Waals surface area contributed by atoms with Gasteiger partial charge in [-0.1, -0.05) is 12.2 Å². The zero-order valence-electron chi connectivity index (χ0n) is 10.6. The zero-order chi connectivity index (χ0) is 14.0. The molecule has 0 saturated carbocycles. The average Bonchev–Trinajstić information content (AvgIpc) is 2.38. The summed E-state index contributed by atoms with van der Waals surface area (Å²) >= 11 is 0. The van der Waals surface area contributed by atoms with Crippen molar-refractivity contribution in [2.45, 2.75) is 25.3 Å². The number of allylic oxidation sites excluding steroid dienone is 2. The summed E-state index contributed by atoms with van der Waals surface area (Å²) in [4.78, 5) is 22.3. The standard InChI is InChI=1S/C14H16N2O3/c1-2-3-8-7-12(14(18)19)16-11-5-4-9(13(15)17)6-10(8)11/h2-6,8,12,16H,7H2,1H3,(H2,15,17)(H,18,19)/b3-2-. The number of nitrogens with two attached hydrogens (primary N) is 1. The summed E-state index contributed by atoms with van der Waals surface area (Å²) < 4.78 is 0. The molecule has 0 aliphatic carbocycles. The van der Waals surface area contributed by atoms with E-state index in [4.69, 9.17) is 10.8 Å². The molecule has 2 rings (SSSR count). The highest BCUT2D eigenvalue weighted by molar-refractivity contribution is 5.94. The van der Waals surface area contributed by atoms with Crippen molar-refractivity contribution in [3.63, 3.8) is 0 Å². The molecule has 2 unspecified atom stereocenters. The number of carbonyl (C=O) groups excluding carboxylic acids is 1. The molecule has 0 spiro atoms. The predicted octanol–water partition coefficient (Wildman–Crippen LogP) is 1.71. The Balaban J connectivity index is 2.45. The summed E-state index contributed by atoms with van der Waals surface area (Å²) in [5.41, 5.74) is 7.36. The smallest absolute Gasteiger partial charge is 0.326 e. The number of benzene rings is 1. The molecule has 5 nitrogen and oxygen atoms in total. The Labute approximate surface area is 111 Å². The Hall–Kier alpha value is -2.30. The first-order chi connectivity index (χ1) is 9.02. The number of nitrogens with one attached hydrogen (secondary N) is 1. The highest BCUT2D eigenvalue weighted by atomic mass is 16.4. The fraction of sp³-hybridized carbons (Fsp3) is 0.286. The van der Waals surface area contributed by atoms with E-state index < -0.39 is 17.9 Å². The van der Waals surface area contributed by atoms with Crippen LogP contribution in [0.1, 0.15) is 35.2 Å². The van der Waals surface area contributed by atoms with Crippen LogP contribution in [0.4, 0.5) is 5.69 Å². The Morgan fingerprint density at radius 1 is 1.47 bits per heavy atom. The highest BCUT2D eigenvalue weighted by Gasteiger charge is 2.29. The van der Waals surface area contributed by atoms with Crippen LogP contribution in [0.25, 0.3) is 0 Å². The number of carboxylic acid groups (broad SMARTS) is 1. The highest BCUT2D eigenvalue weighted by Crippen LogP contribution is 2.35. The summed E-state index contributed by atoms with van der Waals surface area (Å²) in [5.74, 6) is -1.39. The molecule has 2 atom stereocenters. The second-order valence-electron chi connectivity index (χ2n) is 4.57. The minimum Gasteiger partial charge on any atom is -0.480 e. The second kappa shape index (κ2) is 5.14. The third-order valence-electron chi connectivity index (χ3n) is 3.28. The van der Waals surface area contributed by atoms with Gasteiger partial charge in [-0.25, -0.2) is 4.79 Å². The molecule has 1 aliphatic rings. The van der Waals surface area contributed by atoms with Crippen LogP contribution in [0.3, 0.4) is 0 Å². The Kier molecular flexibility index (Phi) is 3.55. The van der Waals surface area contributed by atoms with Crippen molar-refractivity contribution < 1.29 is 14.7 Å². The molecule has 1 aromatic carbocycles. The number of hydrogen-bond donors (Lipinski definition) is 3. The fourth-order valence-corrected chi connectivity index (χ4v) is 2.36. The van der Waals surface area contributed by atoms with E-state index in [-0.39, 0.29) is 5.92 Å². The molecule has 4 N–H and O–H groups in total. The van der Waals surface area contributed by atoms with Crippen LogP contribution < -0.4 is 11.1 Å². The van der Waals surface area contributed by atoms with Gasteiger partial charge in [-0.3, -0.25) is 4.79 Å². The molecule has 5 heteroatoms. The molecule has 0 aromatic heterocycles. The lowest BCUT2D eigenvalue weighted by Gasteiger charge is -2.29. The van der Waals surface area contributed by atoms with Gasteiger partial charge in [0.05, 0.1) is 0 Å². The fourth-order valence-electron chi connectivity index (χ4n) is 2.36. The predicted molar refractivity (Wildman–Crippen MR) is 72.2 cm³/mol. The number of carboxylic acids is 1. The Morgan fingerprint density at radius 2 is 2.21 bits per heavy atom. The molecule has 1 amide bonds. The van der Waals surface area contributed by atoms with Gasteiger partial charge in [0, 0.05) is 17.2 Å². The van der Waals surface area contributed by atoms with Crippen molar-refractivity contribution in [2.24, 2.45) is 5.73 Å². The van der Waals surface area contributed by atoms with Gasteiger partial charge in [0.25, 0.3) is 0 Å². The Bertz CT molecular complexity index is 552. The molecule has 0 bridgehead atoms. The summed E-state index contributed by atoms with van der Waals surface area (Å²) in [6, 6.07) is 4.42. The molecule has 100 valence electrons. The first-order valence-electron chi connectivity index (χ1n) is 6.09. The minimum atomic E-state index is -0.876. The van der Waals surface area contributed by atoms with Gasteiger partial charge in [-0.15, -0.1) is 0 Å². The van der Waals surface area contributed by atoms with E-state index in [1.807, 2.05) is 19.1 Å². The third kappa shape index (κ3) is 2.59. The normalized spacial score (nSPS) is 21.7. The first kappa shape index (κ1) is 13.1. The molecule has 19 heavy (non-hydrogen) atoms. The maximum atomic E-state index is 11.2. The van der Waals surface area contributed by atoms with Crippen LogP contribution in [0.2, 0.25) is 0 Å². The lowest BCUT2D eigenvalue weighted by molar-refractivity contribution is -0.138. The Morgan fingerprint density at radius 3 is 2.79 bits per heavy atom. The number of anilines is 1. The van der Waals surface area contributed by atoms with E-state index in [0.29, 0.717) is 12.0 Å². The van der Waals surface area contributed by atoms with Crippen molar-refractivity contribution >= 4 is 17.6 Å². The summed E-state index contributed by atoms with van der Waals surface area (Å²) in [6.07, 6.45) is 4.28. The number of hydrogen-bond acceptors (Lipinski definition) is 3. The third-order valence-corrected chi connectivity index (χ3v) is 3.28. The topological polar surface area (TPSA) is 92.4 Å². The molecular formula is C14H16N2O3. The van der Waals surface area contributed by atoms with Crippen molar-refractivity contribution in [1.82, 2.24) is 0 Å². The quantitative estimate of drug-likeness (QED) is 0.721. The molecule has 1 heterocycles. The molecule has 0 saturated heterocycles.